The lowest BCUT2D eigenvalue weighted by molar-refractivity contribution is -0.137. The Balaban J connectivity index is 1.43. The van der Waals surface area contributed by atoms with Gasteiger partial charge in [0.2, 0.25) is 5.91 Å². The second-order valence-corrected chi connectivity index (χ2v) is 8.20. The summed E-state index contributed by atoms with van der Waals surface area (Å²) in [4.78, 5) is 21.1. The number of amides is 1. The standard InChI is InChI=1S/C26H26F3N3O/c27-26(28,29)22-12-13-24(30-19-22)31-14-7-15-32(17-16-31)25(33)18-23(20-8-3-1-4-9-20)21-10-5-2-6-11-21/h1-6,8-13,19,23H,7,14-18H2. The van der Waals surface area contributed by atoms with Gasteiger partial charge in [-0.3, -0.25) is 4.79 Å². The fourth-order valence-corrected chi connectivity index (χ4v) is 4.24. The Morgan fingerprint density at radius 1 is 0.848 bits per heavy atom. The molecule has 1 aromatic heterocycles. The molecule has 4 nitrogen and oxygen atoms in total. The number of hydrogen-bond donors (Lipinski definition) is 0. The maximum atomic E-state index is 13.3. The number of nitrogens with zero attached hydrogens (tertiary/aromatic N) is 3. The van der Waals surface area contributed by atoms with Crippen LogP contribution in [0.25, 0.3) is 0 Å². The number of pyridine rings is 1. The molecule has 0 unspecified atom stereocenters. The van der Waals surface area contributed by atoms with Gasteiger partial charge in [0.25, 0.3) is 0 Å². The molecule has 172 valence electrons. The van der Waals surface area contributed by atoms with Gasteiger partial charge in [-0.15, -0.1) is 0 Å². The molecule has 0 spiro atoms. The molecule has 33 heavy (non-hydrogen) atoms. The lowest BCUT2D eigenvalue weighted by Gasteiger charge is -2.25. The number of alkyl halides is 3. The van der Waals surface area contributed by atoms with Crippen LogP contribution in [-0.4, -0.2) is 42.0 Å². The zero-order valence-electron chi connectivity index (χ0n) is 18.2. The Morgan fingerprint density at radius 2 is 1.48 bits per heavy atom. The Hall–Kier alpha value is -3.35. The van der Waals surface area contributed by atoms with E-state index in [0.29, 0.717) is 38.4 Å². The first-order valence-corrected chi connectivity index (χ1v) is 11.1. The maximum absolute atomic E-state index is 13.3. The summed E-state index contributed by atoms with van der Waals surface area (Å²) in [6.45, 7) is 2.30. The van der Waals surface area contributed by atoms with Crippen LogP contribution in [0.3, 0.4) is 0 Å². The number of anilines is 1. The molecule has 0 N–H and O–H groups in total. The molecule has 1 fully saturated rings. The number of benzene rings is 2. The third-order valence-electron chi connectivity index (χ3n) is 6.03. The van der Waals surface area contributed by atoms with Crippen molar-refractivity contribution in [2.45, 2.75) is 24.9 Å². The highest BCUT2D eigenvalue weighted by molar-refractivity contribution is 5.78. The van der Waals surface area contributed by atoms with Crippen molar-refractivity contribution in [1.29, 1.82) is 0 Å². The lowest BCUT2D eigenvalue weighted by atomic mass is 9.88. The molecule has 1 aliphatic heterocycles. The predicted molar refractivity (Wildman–Crippen MR) is 122 cm³/mol. The van der Waals surface area contributed by atoms with Gasteiger partial charge in [0, 0.05) is 44.7 Å². The molecule has 1 saturated heterocycles. The van der Waals surface area contributed by atoms with Crippen molar-refractivity contribution in [3.05, 3.63) is 95.7 Å². The van der Waals surface area contributed by atoms with Crippen LogP contribution in [0.15, 0.2) is 79.0 Å². The van der Waals surface area contributed by atoms with Gasteiger partial charge < -0.3 is 9.80 Å². The van der Waals surface area contributed by atoms with Crippen molar-refractivity contribution in [2.24, 2.45) is 0 Å². The summed E-state index contributed by atoms with van der Waals surface area (Å²) in [6, 6.07) is 22.5. The summed E-state index contributed by atoms with van der Waals surface area (Å²) in [5.74, 6) is 0.550. The molecule has 2 aromatic carbocycles. The molecule has 0 aliphatic carbocycles. The van der Waals surface area contributed by atoms with E-state index in [1.807, 2.05) is 70.5 Å². The number of rotatable bonds is 5. The van der Waals surface area contributed by atoms with Gasteiger partial charge in [-0.1, -0.05) is 60.7 Å². The average molecular weight is 454 g/mol. The van der Waals surface area contributed by atoms with Gasteiger partial charge in [0.15, 0.2) is 0 Å². The van der Waals surface area contributed by atoms with E-state index >= 15 is 0 Å². The minimum Gasteiger partial charge on any atom is -0.355 e. The van der Waals surface area contributed by atoms with Crippen LogP contribution in [0, 0.1) is 0 Å². The summed E-state index contributed by atoms with van der Waals surface area (Å²) in [7, 11) is 0. The highest BCUT2D eigenvalue weighted by Gasteiger charge is 2.31. The zero-order chi connectivity index (χ0) is 23.3. The van der Waals surface area contributed by atoms with Crippen LogP contribution in [0.5, 0.6) is 0 Å². The molecule has 1 amide bonds. The second kappa shape index (κ2) is 10.1. The molecular formula is C26H26F3N3O. The van der Waals surface area contributed by atoms with Crippen molar-refractivity contribution in [3.63, 3.8) is 0 Å². The summed E-state index contributed by atoms with van der Waals surface area (Å²) in [6.07, 6.45) is -2.43. The Kier molecular flexibility index (Phi) is 6.96. The van der Waals surface area contributed by atoms with Crippen molar-refractivity contribution in [3.8, 4) is 0 Å². The first-order valence-electron chi connectivity index (χ1n) is 11.1. The van der Waals surface area contributed by atoms with Crippen LogP contribution in [0.2, 0.25) is 0 Å². The zero-order valence-corrected chi connectivity index (χ0v) is 18.2. The lowest BCUT2D eigenvalue weighted by Crippen LogP contribution is -2.36. The minimum absolute atomic E-state index is 0.0316. The molecule has 4 rings (SSSR count). The van der Waals surface area contributed by atoms with Crippen LogP contribution in [0.4, 0.5) is 19.0 Å². The van der Waals surface area contributed by atoms with E-state index in [4.69, 9.17) is 0 Å². The fraction of sp³-hybridized carbons (Fsp3) is 0.308. The van der Waals surface area contributed by atoms with E-state index in [2.05, 4.69) is 4.98 Å². The van der Waals surface area contributed by atoms with Gasteiger partial charge in [-0.25, -0.2) is 4.98 Å². The van der Waals surface area contributed by atoms with E-state index in [1.54, 1.807) is 0 Å². The topological polar surface area (TPSA) is 36.4 Å². The van der Waals surface area contributed by atoms with Crippen LogP contribution >= 0.6 is 0 Å². The largest absolute Gasteiger partial charge is 0.417 e. The summed E-state index contributed by atoms with van der Waals surface area (Å²) in [5.41, 5.74) is 1.44. The fourth-order valence-electron chi connectivity index (χ4n) is 4.24. The molecule has 0 bridgehead atoms. The van der Waals surface area contributed by atoms with E-state index in [1.165, 1.54) is 6.07 Å². The second-order valence-electron chi connectivity index (χ2n) is 8.20. The van der Waals surface area contributed by atoms with E-state index in [0.717, 1.165) is 29.8 Å². The van der Waals surface area contributed by atoms with Crippen LogP contribution < -0.4 is 4.90 Å². The summed E-state index contributed by atoms with van der Waals surface area (Å²) in [5, 5.41) is 0. The highest BCUT2D eigenvalue weighted by atomic mass is 19.4. The first-order chi connectivity index (χ1) is 15.9. The molecule has 0 radical (unpaired) electrons. The van der Waals surface area contributed by atoms with Crippen molar-refractivity contribution in [1.82, 2.24) is 9.88 Å². The third kappa shape index (κ3) is 5.72. The third-order valence-corrected chi connectivity index (χ3v) is 6.03. The van der Waals surface area contributed by atoms with E-state index < -0.39 is 11.7 Å². The number of carbonyl (C=O) groups excluding carboxylic acids is 1. The van der Waals surface area contributed by atoms with Crippen molar-refractivity contribution < 1.29 is 18.0 Å². The number of hydrogen-bond acceptors (Lipinski definition) is 3. The normalized spacial score (nSPS) is 14.9. The van der Waals surface area contributed by atoms with Gasteiger partial charge >= 0.3 is 6.18 Å². The van der Waals surface area contributed by atoms with E-state index in [9.17, 15) is 18.0 Å². The Labute approximate surface area is 191 Å². The Bertz CT molecular complexity index is 1000. The highest BCUT2D eigenvalue weighted by Crippen LogP contribution is 2.30. The van der Waals surface area contributed by atoms with Crippen molar-refractivity contribution >= 4 is 11.7 Å². The molecule has 0 atom stereocenters. The van der Waals surface area contributed by atoms with Crippen LogP contribution in [-0.2, 0) is 11.0 Å². The quantitative estimate of drug-likeness (QED) is 0.522. The maximum Gasteiger partial charge on any atom is 0.417 e. The number of halogens is 3. The van der Waals surface area contributed by atoms with Gasteiger partial charge in [0.05, 0.1) is 5.56 Å². The predicted octanol–water partition coefficient (Wildman–Crippen LogP) is 5.36. The molecular weight excluding hydrogens is 427 g/mol. The monoisotopic (exact) mass is 453 g/mol. The molecule has 7 heteroatoms. The van der Waals surface area contributed by atoms with E-state index in [-0.39, 0.29) is 11.8 Å². The Morgan fingerprint density at radius 3 is 2.03 bits per heavy atom. The smallest absolute Gasteiger partial charge is 0.355 e. The van der Waals surface area contributed by atoms with Crippen molar-refractivity contribution in [2.75, 3.05) is 31.1 Å². The number of carbonyl (C=O) groups is 1. The molecule has 3 aromatic rings. The van der Waals surface area contributed by atoms with Crippen LogP contribution in [0.1, 0.15) is 35.4 Å². The molecule has 2 heterocycles. The molecule has 0 saturated carbocycles. The first kappa shape index (κ1) is 22.8. The average Bonchev–Trinajstić information content (AvgIpc) is 3.10. The molecule has 1 aliphatic rings. The summed E-state index contributed by atoms with van der Waals surface area (Å²) >= 11 is 0. The van der Waals surface area contributed by atoms with Gasteiger partial charge in [0.1, 0.15) is 5.82 Å². The SMILES string of the molecule is O=C(CC(c1ccccc1)c1ccccc1)N1CCCN(c2ccc(C(F)(F)F)cn2)CC1. The number of aromatic nitrogens is 1. The minimum atomic E-state index is -4.40. The van der Waals surface area contributed by atoms with Gasteiger partial charge in [-0.05, 0) is 29.7 Å². The van der Waals surface area contributed by atoms with Gasteiger partial charge in [-0.2, -0.15) is 13.2 Å². The summed E-state index contributed by atoms with van der Waals surface area (Å²) < 4.78 is 38.5.